The molecule has 1 fully saturated rings. The third kappa shape index (κ3) is 2.49. The lowest BCUT2D eigenvalue weighted by atomic mass is 9.95. The number of nitrogens with one attached hydrogen (secondary N) is 2. The maximum Gasteiger partial charge on any atom is 0.141 e. The van der Waals surface area contributed by atoms with Crippen LogP contribution in [0.3, 0.4) is 0 Å². The Balaban J connectivity index is 1.88. The van der Waals surface area contributed by atoms with E-state index in [4.69, 9.17) is 4.74 Å². The lowest BCUT2D eigenvalue weighted by Gasteiger charge is -2.21. The van der Waals surface area contributed by atoms with E-state index >= 15 is 0 Å². The van der Waals surface area contributed by atoms with Crippen LogP contribution in [0.25, 0.3) is 11.4 Å². The van der Waals surface area contributed by atoms with Gasteiger partial charge in [0.25, 0.3) is 0 Å². The Morgan fingerprint density at radius 2 is 2.00 bits per heavy atom. The molecule has 2 heterocycles. The van der Waals surface area contributed by atoms with Crippen molar-refractivity contribution in [3.05, 3.63) is 36.2 Å². The van der Waals surface area contributed by atoms with Gasteiger partial charge in [0.15, 0.2) is 0 Å². The summed E-state index contributed by atoms with van der Waals surface area (Å²) in [6.07, 6.45) is 4.32. The maximum atomic E-state index is 5.38. The van der Waals surface area contributed by atoms with Gasteiger partial charge in [0.05, 0.1) is 12.7 Å². The summed E-state index contributed by atoms with van der Waals surface area (Å²) in [5.41, 5.74) is 2.26. The molecular formula is C15H19N3O. The number of para-hydroxylation sites is 1. The van der Waals surface area contributed by atoms with Crippen molar-refractivity contribution in [2.75, 3.05) is 20.2 Å². The predicted molar refractivity (Wildman–Crippen MR) is 75.4 cm³/mol. The lowest BCUT2D eigenvalue weighted by molar-refractivity contribution is 0.416. The molecule has 2 N–H and O–H groups in total. The molecule has 1 saturated heterocycles. The number of ether oxygens (including phenoxy) is 1. The van der Waals surface area contributed by atoms with Gasteiger partial charge in [-0.2, -0.15) is 0 Å². The Kier molecular flexibility index (Phi) is 3.51. The van der Waals surface area contributed by atoms with Crippen molar-refractivity contribution in [1.29, 1.82) is 0 Å². The van der Waals surface area contributed by atoms with Crippen LogP contribution < -0.4 is 10.1 Å². The molecule has 0 bridgehead atoms. The molecule has 1 aromatic heterocycles. The summed E-state index contributed by atoms with van der Waals surface area (Å²) in [7, 11) is 1.69. The summed E-state index contributed by atoms with van der Waals surface area (Å²) < 4.78 is 5.38. The number of rotatable bonds is 3. The van der Waals surface area contributed by atoms with Gasteiger partial charge in [-0.25, -0.2) is 4.98 Å². The smallest absolute Gasteiger partial charge is 0.141 e. The molecule has 19 heavy (non-hydrogen) atoms. The molecule has 1 aliphatic rings. The molecular weight excluding hydrogens is 238 g/mol. The summed E-state index contributed by atoms with van der Waals surface area (Å²) in [6.45, 7) is 2.18. The normalized spacial score (nSPS) is 16.5. The van der Waals surface area contributed by atoms with Crippen molar-refractivity contribution in [2.45, 2.75) is 18.8 Å². The fourth-order valence-corrected chi connectivity index (χ4v) is 2.65. The molecule has 0 radical (unpaired) electrons. The van der Waals surface area contributed by atoms with Gasteiger partial charge in [0.2, 0.25) is 0 Å². The average molecular weight is 257 g/mol. The molecule has 0 saturated carbocycles. The molecule has 100 valence electrons. The number of benzene rings is 1. The molecule has 0 atom stereocenters. The van der Waals surface area contributed by atoms with Crippen molar-refractivity contribution in [3.8, 4) is 17.1 Å². The fraction of sp³-hybridized carbons (Fsp3) is 0.400. The van der Waals surface area contributed by atoms with Gasteiger partial charge in [-0.1, -0.05) is 12.1 Å². The van der Waals surface area contributed by atoms with Gasteiger partial charge in [-0.3, -0.25) is 0 Å². The van der Waals surface area contributed by atoms with E-state index < -0.39 is 0 Å². The first-order valence-corrected chi connectivity index (χ1v) is 6.77. The number of imidazole rings is 1. The summed E-state index contributed by atoms with van der Waals surface area (Å²) in [5.74, 6) is 2.34. The number of piperidine rings is 1. The van der Waals surface area contributed by atoms with Crippen LogP contribution in [-0.4, -0.2) is 30.2 Å². The molecule has 4 heteroatoms. The van der Waals surface area contributed by atoms with Crippen LogP contribution in [0.5, 0.6) is 5.75 Å². The first-order valence-electron chi connectivity index (χ1n) is 6.77. The Morgan fingerprint density at radius 1 is 1.21 bits per heavy atom. The van der Waals surface area contributed by atoms with E-state index in [-0.39, 0.29) is 0 Å². The SMILES string of the molecule is COc1ccccc1-c1ncc(C2CCNCC2)[nH]1. The number of nitrogens with zero attached hydrogens (tertiary/aromatic N) is 1. The number of aromatic nitrogens is 2. The molecule has 0 aliphatic carbocycles. The Bertz CT molecular complexity index is 544. The zero-order valence-electron chi connectivity index (χ0n) is 11.1. The topological polar surface area (TPSA) is 49.9 Å². The largest absolute Gasteiger partial charge is 0.496 e. The van der Waals surface area contributed by atoms with E-state index in [9.17, 15) is 0 Å². The zero-order chi connectivity index (χ0) is 13.1. The highest BCUT2D eigenvalue weighted by Crippen LogP contribution is 2.30. The monoisotopic (exact) mass is 257 g/mol. The first kappa shape index (κ1) is 12.2. The number of hydrogen-bond acceptors (Lipinski definition) is 3. The quantitative estimate of drug-likeness (QED) is 0.888. The van der Waals surface area contributed by atoms with Gasteiger partial charge in [0.1, 0.15) is 11.6 Å². The van der Waals surface area contributed by atoms with Gasteiger partial charge < -0.3 is 15.0 Å². The lowest BCUT2D eigenvalue weighted by Crippen LogP contribution is -2.26. The Hall–Kier alpha value is -1.81. The standard InChI is InChI=1S/C15H19N3O/c1-19-14-5-3-2-4-12(14)15-17-10-13(18-15)11-6-8-16-9-7-11/h2-5,10-11,16H,6-9H2,1H3,(H,17,18). The highest BCUT2D eigenvalue weighted by Gasteiger charge is 2.18. The average Bonchev–Trinajstić information content (AvgIpc) is 2.98. The van der Waals surface area contributed by atoms with Crippen molar-refractivity contribution in [2.24, 2.45) is 0 Å². The zero-order valence-corrected chi connectivity index (χ0v) is 11.1. The van der Waals surface area contributed by atoms with Crippen molar-refractivity contribution >= 4 is 0 Å². The molecule has 3 rings (SSSR count). The second-order valence-electron chi connectivity index (χ2n) is 4.91. The minimum absolute atomic E-state index is 0.595. The highest BCUT2D eigenvalue weighted by molar-refractivity contribution is 5.64. The third-order valence-corrected chi connectivity index (χ3v) is 3.74. The van der Waals surface area contributed by atoms with Crippen LogP contribution in [0.2, 0.25) is 0 Å². The van der Waals surface area contributed by atoms with E-state index in [0.29, 0.717) is 5.92 Å². The number of methoxy groups -OCH3 is 1. The molecule has 1 aliphatic heterocycles. The molecule has 2 aromatic rings. The minimum atomic E-state index is 0.595. The van der Waals surface area contributed by atoms with Gasteiger partial charge >= 0.3 is 0 Å². The third-order valence-electron chi connectivity index (χ3n) is 3.74. The number of H-pyrrole nitrogens is 1. The van der Waals surface area contributed by atoms with E-state index in [1.54, 1.807) is 7.11 Å². The van der Waals surface area contributed by atoms with Crippen LogP contribution in [0.1, 0.15) is 24.5 Å². The van der Waals surface area contributed by atoms with Crippen LogP contribution in [0, 0.1) is 0 Å². The van der Waals surface area contributed by atoms with E-state index in [0.717, 1.165) is 30.2 Å². The predicted octanol–water partition coefficient (Wildman–Crippen LogP) is 2.55. The Labute approximate surface area is 113 Å². The number of aromatic amines is 1. The van der Waals surface area contributed by atoms with Crippen LogP contribution in [0.4, 0.5) is 0 Å². The summed E-state index contributed by atoms with van der Waals surface area (Å²) in [5, 5.41) is 3.39. The molecule has 0 unspecified atom stereocenters. The van der Waals surface area contributed by atoms with E-state index in [1.807, 2.05) is 30.5 Å². The summed E-state index contributed by atoms with van der Waals surface area (Å²) >= 11 is 0. The van der Waals surface area contributed by atoms with Crippen molar-refractivity contribution in [3.63, 3.8) is 0 Å². The van der Waals surface area contributed by atoms with Gasteiger partial charge in [-0.15, -0.1) is 0 Å². The number of hydrogen-bond donors (Lipinski definition) is 2. The second kappa shape index (κ2) is 5.45. The Morgan fingerprint density at radius 3 is 2.79 bits per heavy atom. The van der Waals surface area contributed by atoms with E-state index in [1.165, 1.54) is 18.5 Å². The second-order valence-corrected chi connectivity index (χ2v) is 4.91. The molecule has 1 aromatic carbocycles. The summed E-state index contributed by atoms with van der Waals surface area (Å²) in [4.78, 5) is 7.97. The minimum Gasteiger partial charge on any atom is -0.496 e. The first-order chi connectivity index (χ1) is 9.38. The van der Waals surface area contributed by atoms with Crippen LogP contribution in [-0.2, 0) is 0 Å². The van der Waals surface area contributed by atoms with Crippen molar-refractivity contribution < 1.29 is 4.74 Å². The van der Waals surface area contributed by atoms with Crippen molar-refractivity contribution in [1.82, 2.24) is 15.3 Å². The van der Waals surface area contributed by atoms with E-state index in [2.05, 4.69) is 15.3 Å². The molecule has 0 amide bonds. The van der Waals surface area contributed by atoms with Gasteiger partial charge in [0, 0.05) is 17.8 Å². The highest BCUT2D eigenvalue weighted by atomic mass is 16.5. The van der Waals surface area contributed by atoms with Gasteiger partial charge in [-0.05, 0) is 38.1 Å². The summed E-state index contributed by atoms with van der Waals surface area (Å²) in [6, 6.07) is 7.97. The fourth-order valence-electron chi connectivity index (χ4n) is 2.65. The molecule has 4 nitrogen and oxygen atoms in total. The van der Waals surface area contributed by atoms with Crippen LogP contribution >= 0.6 is 0 Å². The maximum absolute atomic E-state index is 5.38. The van der Waals surface area contributed by atoms with Crippen LogP contribution in [0.15, 0.2) is 30.5 Å². The molecule has 0 spiro atoms.